The van der Waals surface area contributed by atoms with Crippen LogP contribution in [-0.2, 0) is 24.4 Å². The SMILES string of the molecule is CCS(=O)(=O)c1cccc(S(=O)(=O)c2ccc(C3CCN(C(=O)OC(C)(C)C)C3)c(O)c2)c1. The second kappa shape index (κ2) is 8.98. The molecule has 1 amide bonds. The van der Waals surface area contributed by atoms with E-state index in [1.165, 1.54) is 43.3 Å². The first-order valence-corrected chi connectivity index (χ1v) is 13.8. The van der Waals surface area contributed by atoms with Crippen LogP contribution in [0.15, 0.2) is 57.2 Å². The Kier molecular flexibility index (Phi) is 6.82. The molecule has 0 aromatic heterocycles. The van der Waals surface area contributed by atoms with Gasteiger partial charge in [-0.2, -0.15) is 0 Å². The van der Waals surface area contributed by atoms with Crippen LogP contribution in [0.4, 0.5) is 4.79 Å². The molecule has 1 N–H and O–H groups in total. The second-order valence-corrected chi connectivity index (χ2v) is 13.2. The summed E-state index contributed by atoms with van der Waals surface area (Å²) in [5, 5.41) is 10.6. The van der Waals surface area contributed by atoms with E-state index in [1.807, 2.05) is 0 Å². The van der Waals surface area contributed by atoms with E-state index >= 15 is 0 Å². The van der Waals surface area contributed by atoms with Gasteiger partial charge in [0, 0.05) is 19.0 Å². The molecule has 0 aliphatic carbocycles. The predicted molar refractivity (Wildman–Crippen MR) is 123 cm³/mol. The van der Waals surface area contributed by atoms with Crippen molar-refractivity contribution < 1.29 is 31.5 Å². The van der Waals surface area contributed by atoms with E-state index in [2.05, 4.69) is 0 Å². The van der Waals surface area contributed by atoms with Gasteiger partial charge in [-0.1, -0.05) is 19.1 Å². The maximum Gasteiger partial charge on any atom is 0.410 e. The molecule has 1 unspecified atom stereocenters. The predicted octanol–water partition coefficient (Wildman–Crippen LogP) is 3.74. The quantitative estimate of drug-likeness (QED) is 0.671. The summed E-state index contributed by atoms with van der Waals surface area (Å²) in [6.45, 7) is 7.67. The molecule has 0 spiro atoms. The number of amides is 1. The van der Waals surface area contributed by atoms with Crippen molar-refractivity contribution in [3.05, 3.63) is 48.0 Å². The van der Waals surface area contributed by atoms with E-state index in [0.717, 1.165) is 6.07 Å². The lowest BCUT2D eigenvalue weighted by Crippen LogP contribution is -2.35. The number of sulfone groups is 2. The van der Waals surface area contributed by atoms with Crippen molar-refractivity contribution in [2.45, 2.75) is 60.3 Å². The molecule has 33 heavy (non-hydrogen) atoms. The van der Waals surface area contributed by atoms with E-state index in [9.17, 15) is 26.7 Å². The van der Waals surface area contributed by atoms with Crippen molar-refractivity contribution in [2.75, 3.05) is 18.8 Å². The smallest absolute Gasteiger partial charge is 0.410 e. The third-order valence-electron chi connectivity index (χ3n) is 5.45. The van der Waals surface area contributed by atoms with Crippen molar-refractivity contribution in [2.24, 2.45) is 0 Å². The van der Waals surface area contributed by atoms with E-state index < -0.39 is 31.4 Å². The molecule has 8 nitrogen and oxygen atoms in total. The van der Waals surface area contributed by atoms with Gasteiger partial charge in [-0.15, -0.1) is 0 Å². The Morgan fingerprint density at radius 3 is 2.30 bits per heavy atom. The number of phenolic OH excluding ortho intramolecular Hbond substituents is 1. The van der Waals surface area contributed by atoms with Gasteiger partial charge in [-0.25, -0.2) is 21.6 Å². The number of rotatable bonds is 5. The maximum absolute atomic E-state index is 13.1. The molecular formula is C23H29NO7S2. The number of phenols is 1. The third kappa shape index (κ3) is 5.50. The minimum atomic E-state index is -4.05. The van der Waals surface area contributed by atoms with Gasteiger partial charge >= 0.3 is 6.09 Å². The number of hydrogen-bond donors (Lipinski definition) is 1. The fourth-order valence-corrected chi connectivity index (χ4v) is 6.01. The number of ether oxygens (including phenoxy) is 1. The van der Waals surface area contributed by atoms with E-state index in [1.54, 1.807) is 25.7 Å². The molecule has 1 aliphatic heterocycles. The van der Waals surface area contributed by atoms with Crippen molar-refractivity contribution in [1.29, 1.82) is 0 Å². The summed E-state index contributed by atoms with van der Waals surface area (Å²) in [6.07, 6.45) is 0.182. The minimum Gasteiger partial charge on any atom is -0.508 e. The van der Waals surface area contributed by atoms with Crippen molar-refractivity contribution in [1.82, 2.24) is 4.90 Å². The second-order valence-electron chi connectivity index (χ2n) is 9.01. The summed E-state index contributed by atoms with van der Waals surface area (Å²) >= 11 is 0. The lowest BCUT2D eigenvalue weighted by atomic mass is 9.97. The maximum atomic E-state index is 13.1. The number of benzene rings is 2. The van der Waals surface area contributed by atoms with E-state index in [-0.39, 0.29) is 32.1 Å². The van der Waals surface area contributed by atoms with Crippen LogP contribution in [0.25, 0.3) is 0 Å². The molecule has 1 saturated heterocycles. The zero-order chi connectivity index (χ0) is 24.6. The standard InChI is InChI=1S/C23H29NO7S2/c1-5-32(27,28)17-7-6-8-18(13-17)33(29,30)19-9-10-20(21(25)14-19)16-11-12-24(15-16)22(26)31-23(2,3)4/h6-10,13-14,16,25H,5,11-12,15H2,1-4H3. The summed E-state index contributed by atoms with van der Waals surface area (Å²) in [6, 6.07) is 9.29. The van der Waals surface area contributed by atoms with Gasteiger partial charge in [0.1, 0.15) is 11.4 Å². The average molecular weight is 496 g/mol. The van der Waals surface area contributed by atoms with Crippen molar-refractivity contribution in [3.8, 4) is 5.75 Å². The number of aromatic hydroxyl groups is 1. The topological polar surface area (TPSA) is 118 Å². The van der Waals surface area contributed by atoms with Crippen LogP contribution < -0.4 is 0 Å². The van der Waals surface area contributed by atoms with Gasteiger partial charge in [0.15, 0.2) is 9.84 Å². The molecule has 0 saturated carbocycles. The Balaban J connectivity index is 1.84. The van der Waals surface area contributed by atoms with Gasteiger partial charge < -0.3 is 14.7 Å². The first kappa shape index (κ1) is 25.0. The highest BCUT2D eigenvalue weighted by molar-refractivity contribution is 7.92. The average Bonchev–Trinajstić information content (AvgIpc) is 3.22. The molecule has 180 valence electrons. The lowest BCUT2D eigenvalue weighted by Gasteiger charge is -2.24. The molecule has 3 rings (SSSR count). The highest BCUT2D eigenvalue weighted by atomic mass is 32.2. The van der Waals surface area contributed by atoms with Crippen LogP contribution in [0.5, 0.6) is 5.75 Å². The number of hydrogen-bond acceptors (Lipinski definition) is 7. The van der Waals surface area contributed by atoms with Gasteiger partial charge in [0.25, 0.3) is 0 Å². The lowest BCUT2D eigenvalue weighted by molar-refractivity contribution is 0.0292. The van der Waals surface area contributed by atoms with Crippen molar-refractivity contribution in [3.63, 3.8) is 0 Å². The van der Waals surface area contributed by atoms with Gasteiger partial charge in [-0.3, -0.25) is 0 Å². The molecule has 1 fully saturated rings. The van der Waals surface area contributed by atoms with Gasteiger partial charge in [0.2, 0.25) is 9.84 Å². The van der Waals surface area contributed by atoms with Crippen molar-refractivity contribution >= 4 is 25.8 Å². The Morgan fingerprint density at radius 2 is 1.70 bits per heavy atom. The molecule has 1 heterocycles. The molecule has 0 bridgehead atoms. The summed E-state index contributed by atoms with van der Waals surface area (Å²) in [4.78, 5) is 13.5. The van der Waals surface area contributed by atoms with E-state index in [0.29, 0.717) is 25.1 Å². The third-order valence-corrected chi connectivity index (χ3v) is 8.93. The Morgan fingerprint density at radius 1 is 1.06 bits per heavy atom. The number of likely N-dealkylation sites (tertiary alicyclic amines) is 1. The van der Waals surface area contributed by atoms with Crippen LogP contribution in [0.1, 0.15) is 45.6 Å². The molecule has 2 aromatic carbocycles. The zero-order valence-corrected chi connectivity index (χ0v) is 20.7. The van der Waals surface area contributed by atoms with Crippen LogP contribution in [0, 0.1) is 0 Å². The highest BCUT2D eigenvalue weighted by Crippen LogP contribution is 2.36. The summed E-state index contributed by atoms with van der Waals surface area (Å²) in [5.74, 6) is -0.495. The molecule has 10 heteroatoms. The number of carbonyl (C=O) groups excluding carboxylic acids is 1. The fourth-order valence-electron chi connectivity index (χ4n) is 3.68. The summed E-state index contributed by atoms with van der Waals surface area (Å²) in [5.41, 5.74) is -0.0662. The van der Waals surface area contributed by atoms with E-state index in [4.69, 9.17) is 4.74 Å². The van der Waals surface area contributed by atoms with Crippen LogP contribution >= 0.6 is 0 Å². The van der Waals surface area contributed by atoms with Crippen LogP contribution in [0.2, 0.25) is 0 Å². The zero-order valence-electron chi connectivity index (χ0n) is 19.1. The molecular weight excluding hydrogens is 466 g/mol. The number of nitrogens with zero attached hydrogens (tertiary/aromatic N) is 1. The molecule has 0 radical (unpaired) electrons. The monoisotopic (exact) mass is 495 g/mol. The normalized spacial score (nSPS) is 17.2. The first-order chi connectivity index (χ1) is 15.2. The largest absolute Gasteiger partial charge is 0.508 e. The van der Waals surface area contributed by atoms with Crippen LogP contribution in [-0.4, -0.2) is 57.4 Å². The molecule has 2 aromatic rings. The highest BCUT2D eigenvalue weighted by Gasteiger charge is 2.32. The number of carbonyl (C=O) groups is 1. The summed E-state index contributed by atoms with van der Waals surface area (Å²) in [7, 11) is -7.62. The molecule has 1 aliphatic rings. The molecule has 1 atom stereocenters. The van der Waals surface area contributed by atoms with Crippen LogP contribution in [0.3, 0.4) is 0 Å². The van der Waals surface area contributed by atoms with Gasteiger partial charge in [0.05, 0.1) is 20.4 Å². The fraction of sp³-hybridized carbons (Fsp3) is 0.435. The Hall–Kier alpha value is -2.59. The summed E-state index contributed by atoms with van der Waals surface area (Å²) < 4.78 is 55.8. The minimum absolute atomic E-state index is 0.0693. The first-order valence-electron chi connectivity index (χ1n) is 10.6. The Bertz CT molecular complexity index is 1260. The van der Waals surface area contributed by atoms with Gasteiger partial charge in [-0.05, 0) is 63.1 Å². The Labute approximate surface area is 195 Å².